The van der Waals surface area contributed by atoms with Crippen molar-refractivity contribution in [3.05, 3.63) is 80.8 Å². The molecule has 5 rings (SSSR count). The fraction of sp³-hybridized carbons (Fsp3) is 0.250. The number of fused-ring (bicyclic) bond motifs is 3. The molecule has 0 fully saturated rings. The Morgan fingerprint density at radius 2 is 2.13 bits per heavy atom. The normalized spacial score (nSPS) is 13.5. The number of nitrogens with one attached hydrogen (secondary N) is 1. The molecule has 0 saturated heterocycles. The highest BCUT2D eigenvalue weighted by atomic mass is 79.9. The van der Waals surface area contributed by atoms with Crippen molar-refractivity contribution in [2.24, 2.45) is 0 Å². The predicted octanol–water partition coefficient (Wildman–Crippen LogP) is 5.31. The first-order valence-corrected chi connectivity index (χ1v) is 11.0. The molecule has 0 spiro atoms. The van der Waals surface area contributed by atoms with Crippen molar-refractivity contribution < 1.29 is 14.1 Å². The summed E-state index contributed by atoms with van der Waals surface area (Å²) in [7, 11) is 0. The van der Waals surface area contributed by atoms with Gasteiger partial charge in [0.25, 0.3) is 5.91 Å². The Labute approximate surface area is 188 Å². The average Bonchev–Trinajstić information content (AvgIpc) is 3.30. The lowest BCUT2D eigenvalue weighted by Crippen LogP contribution is -2.35. The zero-order valence-electron chi connectivity index (χ0n) is 17.4. The van der Waals surface area contributed by atoms with Gasteiger partial charge in [-0.1, -0.05) is 27.2 Å². The third kappa shape index (κ3) is 3.74. The molecule has 0 unspecified atom stereocenters. The Morgan fingerprint density at radius 1 is 1.26 bits per heavy atom. The summed E-state index contributed by atoms with van der Waals surface area (Å²) in [5.74, 6) is 1.41. The summed E-state index contributed by atoms with van der Waals surface area (Å²) in [6, 6.07) is 13.6. The molecule has 3 heterocycles. The summed E-state index contributed by atoms with van der Waals surface area (Å²) in [4.78, 5) is 18.7. The van der Waals surface area contributed by atoms with Crippen LogP contribution in [0.5, 0.6) is 5.75 Å². The molecule has 2 aromatic heterocycles. The number of aryl methyl sites for hydroxylation is 2. The van der Waals surface area contributed by atoms with Crippen molar-refractivity contribution in [2.45, 2.75) is 33.4 Å². The first-order valence-electron chi connectivity index (χ1n) is 10.2. The minimum absolute atomic E-state index is 0.0118. The van der Waals surface area contributed by atoms with Crippen LogP contribution in [-0.2, 0) is 19.6 Å². The molecule has 0 bridgehead atoms. The molecule has 0 radical (unpaired) electrons. The van der Waals surface area contributed by atoms with E-state index in [2.05, 4.69) is 38.2 Å². The van der Waals surface area contributed by atoms with Gasteiger partial charge in [-0.2, -0.15) is 0 Å². The van der Waals surface area contributed by atoms with Crippen LogP contribution < -0.4 is 4.74 Å². The van der Waals surface area contributed by atoms with Gasteiger partial charge in [0.1, 0.15) is 18.1 Å². The largest absolute Gasteiger partial charge is 0.489 e. The van der Waals surface area contributed by atoms with Crippen LogP contribution in [0.1, 0.15) is 38.6 Å². The van der Waals surface area contributed by atoms with E-state index < -0.39 is 0 Å². The number of ether oxygens (including phenoxy) is 1. The van der Waals surface area contributed by atoms with E-state index in [1.165, 1.54) is 16.6 Å². The van der Waals surface area contributed by atoms with E-state index in [-0.39, 0.29) is 5.91 Å². The second kappa shape index (κ2) is 7.89. The number of benzene rings is 2. The lowest BCUT2D eigenvalue weighted by molar-refractivity contribution is 0.0734. The van der Waals surface area contributed by atoms with Crippen molar-refractivity contribution in [1.29, 1.82) is 0 Å². The highest BCUT2D eigenvalue weighted by Gasteiger charge is 2.25. The van der Waals surface area contributed by atoms with E-state index in [0.29, 0.717) is 31.0 Å². The maximum atomic E-state index is 13.3. The van der Waals surface area contributed by atoms with Gasteiger partial charge >= 0.3 is 0 Å². The van der Waals surface area contributed by atoms with E-state index in [1.54, 1.807) is 0 Å². The minimum atomic E-state index is 0.0118. The molecule has 1 N–H and O–H groups in total. The van der Waals surface area contributed by atoms with Gasteiger partial charge in [0.05, 0.1) is 11.3 Å². The standard InChI is InChI=1S/C24H22BrN3O3/c1-14-21(15(2)31-27-14)13-30-18-5-3-4-16(10-18)24(29)28-9-8-23-20(12-28)19-11-17(25)6-7-22(19)26-23/h3-7,10-11,26H,8-9,12-13H2,1-2H3. The van der Waals surface area contributed by atoms with E-state index in [0.717, 1.165) is 33.4 Å². The topological polar surface area (TPSA) is 71.4 Å². The molecule has 158 valence electrons. The molecule has 0 saturated carbocycles. The van der Waals surface area contributed by atoms with Crippen LogP contribution in [0.2, 0.25) is 0 Å². The highest BCUT2D eigenvalue weighted by molar-refractivity contribution is 9.10. The smallest absolute Gasteiger partial charge is 0.254 e. The molecule has 4 aromatic rings. The molecule has 1 aliphatic rings. The maximum Gasteiger partial charge on any atom is 0.254 e. The Morgan fingerprint density at radius 3 is 2.94 bits per heavy atom. The van der Waals surface area contributed by atoms with Gasteiger partial charge in [0.15, 0.2) is 0 Å². The number of halogens is 1. The molecule has 6 nitrogen and oxygen atoms in total. The first-order chi connectivity index (χ1) is 15.0. The Hall–Kier alpha value is -3.06. The van der Waals surface area contributed by atoms with Crippen LogP contribution in [0.15, 0.2) is 51.5 Å². The number of rotatable bonds is 4. The zero-order chi connectivity index (χ0) is 21.5. The number of nitrogens with zero attached hydrogens (tertiary/aromatic N) is 2. The van der Waals surface area contributed by atoms with Crippen molar-refractivity contribution in [1.82, 2.24) is 15.0 Å². The lowest BCUT2D eigenvalue weighted by Gasteiger charge is -2.27. The van der Waals surface area contributed by atoms with E-state index in [1.807, 2.05) is 49.1 Å². The monoisotopic (exact) mass is 479 g/mol. The molecule has 7 heteroatoms. The van der Waals surface area contributed by atoms with Gasteiger partial charge in [-0.25, -0.2) is 0 Å². The van der Waals surface area contributed by atoms with Crippen LogP contribution in [0, 0.1) is 13.8 Å². The second-order valence-electron chi connectivity index (χ2n) is 7.87. The van der Waals surface area contributed by atoms with Crippen molar-refractivity contribution in [3.8, 4) is 5.75 Å². The van der Waals surface area contributed by atoms with Crippen molar-refractivity contribution in [3.63, 3.8) is 0 Å². The predicted molar refractivity (Wildman–Crippen MR) is 121 cm³/mol. The Kier molecular flexibility index (Phi) is 5.06. The Balaban J connectivity index is 1.34. The number of H-pyrrole nitrogens is 1. The summed E-state index contributed by atoms with van der Waals surface area (Å²) in [5, 5.41) is 5.12. The quantitative estimate of drug-likeness (QED) is 0.430. The molecular weight excluding hydrogens is 458 g/mol. The third-order valence-corrected chi connectivity index (χ3v) is 6.36. The number of carbonyl (C=O) groups is 1. The number of hydrogen-bond donors (Lipinski definition) is 1. The van der Waals surface area contributed by atoms with Crippen LogP contribution >= 0.6 is 15.9 Å². The highest BCUT2D eigenvalue weighted by Crippen LogP contribution is 2.30. The molecule has 2 aromatic carbocycles. The second-order valence-corrected chi connectivity index (χ2v) is 8.78. The van der Waals surface area contributed by atoms with Crippen LogP contribution in [0.4, 0.5) is 0 Å². The molecular formula is C24H22BrN3O3. The summed E-state index contributed by atoms with van der Waals surface area (Å²) in [5.41, 5.74) is 5.90. The van der Waals surface area contributed by atoms with E-state index in [4.69, 9.17) is 9.26 Å². The SMILES string of the molecule is Cc1noc(C)c1COc1cccc(C(=O)N2CCc3[nH]c4ccc(Br)cc4c3C2)c1. The molecule has 31 heavy (non-hydrogen) atoms. The van der Waals surface area contributed by atoms with Gasteiger partial charge in [0.2, 0.25) is 0 Å². The lowest BCUT2D eigenvalue weighted by atomic mass is 10.0. The summed E-state index contributed by atoms with van der Waals surface area (Å²) in [6.45, 7) is 5.39. The molecule has 1 amide bonds. The fourth-order valence-electron chi connectivity index (χ4n) is 4.12. The maximum absolute atomic E-state index is 13.3. The van der Waals surface area contributed by atoms with Crippen molar-refractivity contribution in [2.75, 3.05) is 6.54 Å². The van der Waals surface area contributed by atoms with Gasteiger partial charge < -0.3 is 19.1 Å². The van der Waals surface area contributed by atoms with Crippen molar-refractivity contribution >= 4 is 32.7 Å². The van der Waals surface area contributed by atoms with E-state index in [9.17, 15) is 4.79 Å². The fourth-order valence-corrected chi connectivity index (χ4v) is 4.49. The zero-order valence-corrected chi connectivity index (χ0v) is 19.0. The molecule has 0 aliphatic carbocycles. The summed E-state index contributed by atoms with van der Waals surface area (Å²) in [6.07, 6.45) is 0.815. The third-order valence-electron chi connectivity index (χ3n) is 5.87. The van der Waals surface area contributed by atoms with Gasteiger partial charge in [0, 0.05) is 51.7 Å². The number of hydrogen-bond acceptors (Lipinski definition) is 4. The van der Waals surface area contributed by atoms with Crippen LogP contribution in [0.25, 0.3) is 10.9 Å². The number of aromatic nitrogens is 2. The minimum Gasteiger partial charge on any atom is -0.489 e. The number of aromatic amines is 1. The van der Waals surface area contributed by atoms with Crippen LogP contribution in [0.3, 0.4) is 0 Å². The average molecular weight is 480 g/mol. The van der Waals surface area contributed by atoms with Gasteiger partial charge in [-0.3, -0.25) is 4.79 Å². The summed E-state index contributed by atoms with van der Waals surface area (Å²) >= 11 is 3.55. The molecule has 1 aliphatic heterocycles. The van der Waals surface area contributed by atoms with Gasteiger partial charge in [-0.15, -0.1) is 0 Å². The Bertz CT molecular complexity index is 1270. The summed E-state index contributed by atoms with van der Waals surface area (Å²) < 4.78 is 12.1. The number of carbonyl (C=O) groups excluding carboxylic acids is 1. The van der Waals surface area contributed by atoms with Gasteiger partial charge in [-0.05, 0) is 50.2 Å². The molecule has 0 atom stereocenters. The number of amides is 1. The van der Waals surface area contributed by atoms with Crippen LogP contribution in [-0.4, -0.2) is 27.5 Å². The first kappa shape index (κ1) is 19.9. The van der Waals surface area contributed by atoms with E-state index >= 15 is 0 Å².